The molecule has 0 saturated carbocycles. The van der Waals surface area contributed by atoms with E-state index in [9.17, 15) is 0 Å². The van der Waals surface area contributed by atoms with E-state index in [-0.39, 0.29) is 10.8 Å². The predicted molar refractivity (Wildman–Crippen MR) is 64.0 cm³/mol. The zero-order chi connectivity index (χ0) is 10.6. The molecule has 1 aromatic rings. The summed E-state index contributed by atoms with van der Waals surface area (Å²) in [7, 11) is 0. The van der Waals surface area contributed by atoms with Crippen molar-refractivity contribution >= 4 is 23.2 Å². The van der Waals surface area contributed by atoms with Crippen LogP contribution >= 0.6 is 23.2 Å². The highest BCUT2D eigenvalue weighted by Gasteiger charge is 2.12. The number of benzene rings is 1. The summed E-state index contributed by atoms with van der Waals surface area (Å²) in [4.78, 5) is 0. The zero-order valence-corrected chi connectivity index (χ0v) is 9.30. The molecule has 0 N–H and O–H groups in total. The zero-order valence-electron chi connectivity index (χ0n) is 7.79. The molecule has 0 saturated heterocycles. The minimum absolute atomic E-state index is 0.201. The standard InChI is InChI=1S/C12H12Cl2/c1-3-11(13)9-7-5-6-8-10(9)12(14)4-2/h3-8,11-12H,1-2H2. The van der Waals surface area contributed by atoms with Crippen molar-refractivity contribution in [3.05, 3.63) is 60.7 Å². The van der Waals surface area contributed by atoms with Crippen LogP contribution in [0.5, 0.6) is 0 Å². The van der Waals surface area contributed by atoms with E-state index in [2.05, 4.69) is 13.2 Å². The molecule has 1 aromatic carbocycles. The van der Waals surface area contributed by atoms with E-state index in [1.807, 2.05) is 24.3 Å². The molecule has 2 heteroatoms. The first-order valence-electron chi connectivity index (χ1n) is 4.32. The molecule has 0 fully saturated rings. The fraction of sp³-hybridized carbons (Fsp3) is 0.167. The van der Waals surface area contributed by atoms with E-state index >= 15 is 0 Å². The Morgan fingerprint density at radius 3 is 1.57 bits per heavy atom. The summed E-state index contributed by atoms with van der Waals surface area (Å²) in [5, 5.41) is -0.403. The lowest BCUT2D eigenvalue weighted by molar-refractivity contribution is 1.10. The van der Waals surface area contributed by atoms with Gasteiger partial charge in [0.1, 0.15) is 0 Å². The average Bonchev–Trinajstić information content (AvgIpc) is 2.27. The van der Waals surface area contributed by atoms with Gasteiger partial charge >= 0.3 is 0 Å². The third-order valence-corrected chi connectivity index (χ3v) is 2.83. The van der Waals surface area contributed by atoms with Gasteiger partial charge in [0.05, 0.1) is 10.8 Å². The summed E-state index contributed by atoms with van der Waals surface area (Å²) in [5.74, 6) is 0. The average molecular weight is 227 g/mol. The summed E-state index contributed by atoms with van der Waals surface area (Å²) in [6.07, 6.45) is 3.38. The summed E-state index contributed by atoms with van der Waals surface area (Å²) in [6.45, 7) is 7.32. The number of halogens is 2. The summed E-state index contributed by atoms with van der Waals surface area (Å²) in [5.41, 5.74) is 1.98. The van der Waals surface area contributed by atoms with Gasteiger partial charge in [0, 0.05) is 0 Å². The van der Waals surface area contributed by atoms with Crippen LogP contribution in [0.3, 0.4) is 0 Å². The molecule has 74 valence electrons. The molecule has 0 heterocycles. The molecule has 0 radical (unpaired) electrons. The lowest BCUT2D eigenvalue weighted by Gasteiger charge is -2.13. The molecular weight excluding hydrogens is 215 g/mol. The lowest BCUT2D eigenvalue weighted by Crippen LogP contribution is -1.95. The van der Waals surface area contributed by atoms with Gasteiger partial charge in [-0.1, -0.05) is 36.4 Å². The minimum Gasteiger partial charge on any atom is -0.113 e. The molecule has 0 aliphatic rings. The van der Waals surface area contributed by atoms with Crippen LogP contribution in [-0.2, 0) is 0 Å². The number of rotatable bonds is 4. The van der Waals surface area contributed by atoms with E-state index in [0.29, 0.717) is 0 Å². The molecule has 14 heavy (non-hydrogen) atoms. The first-order valence-corrected chi connectivity index (χ1v) is 5.20. The van der Waals surface area contributed by atoms with Crippen LogP contribution in [0.1, 0.15) is 21.9 Å². The molecular formula is C12H12Cl2. The van der Waals surface area contributed by atoms with E-state index in [4.69, 9.17) is 23.2 Å². The van der Waals surface area contributed by atoms with E-state index in [1.165, 1.54) is 0 Å². The Labute approximate surface area is 94.8 Å². The van der Waals surface area contributed by atoms with Crippen LogP contribution in [0.25, 0.3) is 0 Å². The molecule has 0 spiro atoms. The highest BCUT2D eigenvalue weighted by Crippen LogP contribution is 2.32. The normalized spacial score (nSPS) is 14.4. The van der Waals surface area contributed by atoms with E-state index < -0.39 is 0 Å². The second-order valence-corrected chi connectivity index (χ2v) is 3.84. The highest BCUT2D eigenvalue weighted by atomic mass is 35.5. The number of hydrogen-bond donors (Lipinski definition) is 0. The lowest BCUT2D eigenvalue weighted by atomic mass is 10.0. The Morgan fingerprint density at radius 1 is 0.929 bits per heavy atom. The van der Waals surface area contributed by atoms with Crippen molar-refractivity contribution < 1.29 is 0 Å². The van der Waals surface area contributed by atoms with Gasteiger partial charge in [0.15, 0.2) is 0 Å². The van der Waals surface area contributed by atoms with Crippen molar-refractivity contribution in [1.29, 1.82) is 0 Å². The van der Waals surface area contributed by atoms with Gasteiger partial charge in [0.2, 0.25) is 0 Å². The van der Waals surface area contributed by atoms with Crippen molar-refractivity contribution in [2.24, 2.45) is 0 Å². The third-order valence-electron chi connectivity index (χ3n) is 2.00. The maximum absolute atomic E-state index is 6.09. The van der Waals surface area contributed by atoms with Crippen LogP contribution in [0, 0.1) is 0 Å². The van der Waals surface area contributed by atoms with Crippen LogP contribution in [0.4, 0.5) is 0 Å². The third kappa shape index (κ3) is 2.40. The quantitative estimate of drug-likeness (QED) is 0.520. The van der Waals surface area contributed by atoms with Crippen molar-refractivity contribution in [3.63, 3.8) is 0 Å². The fourth-order valence-corrected chi connectivity index (χ4v) is 1.66. The monoisotopic (exact) mass is 226 g/mol. The summed E-state index contributed by atoms with van der Waals surface area (Å²) in [6, 6.07) is 7.77. The Kier molecular flexibility index (Phi) is 4.24. The molecule has 0 bridgehead atoms. The van der Waals surface area contributed by atoms with Crippen LogP contribution in [-0.4, -0.2) is 0 Å². The van der Waals surface area contributed by atoms with Crippen LogP contribution in [0.15, 0.2) is 49.6 Å². The van der Waals surface area contributed by atoms with Gasteiger partial charge in [0.25, 0.3) is 0 Å². The van der Waals surface area contributed by atoms with Gasteiger partial charge in [-0.3, -0.25) is 0 Å². The first-order chi connectivity index (χ1) is 6.70. The van der Waals surface area contributed by atoms with Gasteiger partial charge in [-0.15, -0.1) is 36.4 Å². The smallest absolute Gasteiger partial charge is 0.0766 e. The van der Waals surface area contributed by atoms with Crippen LogP contribution in [0.2, 0.25) is 0 Å². The van der Waals surface area contributed by atoms with Crippen molar-refractivity contribution in [2.45, 2.75) is 10.8 Å². The second kappa shape index (κ2) is 5.23. The molecule has 0 amide bonds. The second-order valence-electron chi connectivity index (χ2n) is 2.90. The molecule has 2 unspecified atom stereocenters. The maximum atomic E-state index is 6.09. The van der Waals surface area contributed by atoms with Gasteiger partial charge < -0.3 is 0 Å². The Bertz CT molecular complexity index is 298. The fourth-order valence-electron chi connectivity index (χ4n) is 1.27. The Morgan fingerprint density at radius 2 is 1.29 bits per heavy atom. The van der Waals surface area contributed by atoms with Crippen molar-refractivity contribution in [2.75, 3.05) is 0 Å². The van der Waals surface area contributed by atoms with E-state index in [1.54, 1.807) is 12.2 Å². The number of alkyl halides is 2. The number of hydrogen-bond acceptors (Lipinski definition) is 0. The van der Waals surface area contributed by atoms with Gasteiger partial charge in [-0.05, 0) is 11.1 Å². The molecule has 0 aliphatic carbocycles. The summed E-state index contributed by atoms with van der Waals surface area (Å²) >= 11 is 12.2. The topological polar surface area (TPSA) is 0 Å². The Hall–Kier alpha value is -0.720. The minimum atomic E-state index is -0.201. The predicted octanol–water partition coefficient (Wildman–Crippen LogP) is 4.62. The van der Waals surface area contributed by atoms with Crippen molar-refractivity contribution in [3.8, 4) is 0 Å². The maximum Gasteiger partial charge on any atom is 0.0766 e. The summed E-state index contributed by atoms with van der Waals surface area (Å²) < 4.78 is 0. The SMILES string of the molecule is C=CC(Cl)c1ccccc1C(Cl)C=C. The molecule has 2 atom stereocenters. The van der Waals surface area contributed by atoms with Gasteiger partial charge in [-0.25, -0.2) is 0 Å². The molecule has 0 aliphatic heterocycles. The van der Waals surface area contributed by atoms with Gasteiger partial charge in [-0.2, -0.15) is 0 Å². The largest absolute Gasteiger partial charge is 0.113 e. The number of allylic oxidation sites excluding steroid dienone is 2. The molecule has 1 rings (SSSR count). The Balaban J connectivity index is 3.14. The first kappa shape index (κ1) is 11.4. The van der Waals surface area contributed by atoms with E-state index in [0.717, 1.165) is 11.1 Å². The van der Waals surface area contributed by atoms with Crippen molar-refractivity contribution in [1.82, 2.24) is 0 Å². The highest BCUT2D eigenvalue weighted by molar-refractivity contribution is 6.23. The van der Waals surface area contributed by atoms with Crippen LogP contribution < -0.4 is 0 Å². The molecule has 0 nitrogen and oxygen atoms in total. The molecule has 0 aromatic heterocycles.